The molecule has 0 spiro atoms. The first-order chi connectivity index (χ1) is 7.91. The lowest BCUT2D eigenvalue weighted by Crippen LogP contribution is -2.50. The van der Waals surface area contributed by atoms with E-state index in [4.69, 9.17) is 0 Å². The van der Waals surface area contributed by atoms with E-state index in [1.54, 1.807) is 0 Å². The number of hydrogen-bond acceptors (Lipinski definition) is 1. The molecule has 3 atom stereocenters. The third-order valence-corrected chi connectivity index (χ3v) is 4.74. The van der Waals surface area contributed by atoms with E-state index in [9.17, 15) is 5.11 Å². The lowest BCUT2D eigenvalue weighted by atomic mass is 9.55. The summed E-state index contributed by atoms with van der Waals surface area (Å²) in [6.45, 7) is 14.6. The van der Waals surface area contributed by atoms with Crippen LogP contribution in [0.1, 0.15) is 52.9 Å². The average molecular weight is 236 g/mol. The van der Waals surface area contributed by atoms with Crippen LogP contribution in [-0.2, 0) is 0 Å². The van der Waals surface area contributed by atoms with E-state index >= 15 is 0 Å². The molecule has 0 radical (unpaired) electrons. The van der Waals surface area contributed by atoms with Gasteiger partial charge in [0.2, 0.25) is 0 Å². The van der Waals surface area contributed by atoms with E-state index in [1.165, 1.54) is 0 Å². The monoisotopic (exact) mass is 236 g/mol. The summed E-state index contributed by atoms with van der Waals surface area (Å²) in [5, 5.41) is 10.9. The zero-order valence-corrected chi connectivity index (χ0v) is 11.7. The molecule has 1 nitrogen and oxygen atoms in total. The van der Waals surface area contributed by atoms with Gasteiger partial charge < -0.3 is 5.11 Å². The second-order valence-electron chi connectivity index (χ2n) is 6.23. The molecular formula is C16H28O. The Hall–Kier alpha value is -0.560. The molecule has 0 bridgehead atoms. The minimum absolute atomic E-state index is 0.326. The summed E-state index contributed by atoms with van der Waals surface area (Å²) in [6, 6.07) is 0. The molecule has 1 aliphatic rings. The predicted molar refractivity (Wildman–Crippen MR) is 74.9 cm³/mol. The van der Waals surface area contributed by atoms with Gasteiger partial charge in [0.15, 0.2) is 0 Å². The lowest BCUT2D eigenvalue weighted by Gasteiger charge is -2.52. The van der Waals surface area contributed by atoms with Gasteiger partial charge in [-0.25, -0.2) is 0 Å². The quantitative estimate of drug-likeness (QED) is 0.704. The van der Waals surface area contributed by atoms with Gasteiger partial charge in [0.05, 0.1) is 5.60 Å². The van der Waals surface area contributed by atoms with Crippen LogP contribution in [-0.4, -0.2) is 10.7 Å². The van der Waals surface area contributed by atoms with Gasteiger partial charge in [-0.15, -0.1) is 13.2 Å². The summed E-state index contributed by atoms with van der Waals surface area (Å²) >= 11 is 0. The number of rotatable bonds is 5. The van der Waals surface area contributed by atoms with E-state index in [1.807, 2.05) is 12.2 Å². The van der Waals surface area contributed by atoms with Gasteiger partial charge in [-0.2, -0.15) is 0 Å². The first-order valence-corrected chi connectivity index (χ1v) is 6.85. The maximum Gasteiger partial charge on any atom is 0.0715 e. The number of hydrogen-bond donors (Lipinski definition) is 1. The molecule has 0 saturated heterocycles. The third kappa shape index (κ3) is 2.82. The maximum absolute atomic E-state index is 10.9. The van der Waals surface area contributed by atoms with Crippen LogP contribution in [0.25, 0.3) is 0 Å². The van der Waals surface area contributed by atoms with E-state index in [2.05, 4.69) is 33.9 Å². The van der Waals surface area contributed by atoms with E-state index in [0.29, 0.717) is 23.7 Å². The van der Waals surface area contributed by atoms with Crippen LogP contribution in [0, 0.1) is 17.3 Å². The second kappa shape index (κ2) is 5.39. The molecule has 1 N–H and O–H groups in total. The minimum atomic E-state index is -0.563. The van der Waals surface area contributed by atoms with Gasteiger partial charge >= 0.3 is 0 Å². The Morgan fingerprint density at radius 2 is 1.82 bits per heavy atom. The van der Waals surface area contributed by atoms with Gasteiger partial charge in [0.1, 0.15) is 0 Å². The Morgan fingerprint density at radius 1 is 1.18 bits per heavy atom. The topological polar surface area (TPSA) is 20.2 Å². The second-order valence-corrected chi connectivity index (χ2v) is 6.23. The Balaban J connectivity index is 3.02. The fourth-order valence-corrected chi connectivity index (χ4v) is 3.73. The Bertz CT molecular complexity index is 279. The van der Waals surface area contributed by atoms with E-state index in [0.717, 1.165) is 25.7 Å². The molecule has 0 heterocycles. The molecule has 1 fully saturated rings. The van der Waals surface area contributed by atoms with Crippen LogP contribution in [0.3, 0.4) is 0 Å². The van der Waals surface area contributed by atoms with Crippen molar-refractivity contribution in [1.82, 2.24) is 0 Å². The van der Waals surface area contributed by atoms with Crippen molar-refractivity contribution in [3.05, 3.63) is 25.3 Å². The molecule has 1 aliphatic carbocycles. The maximum atomic E-state index is 10.9. The van der Waals surface area contributed by atoms with Crippen LogP contribution in [0.4, 0.5) is 0 Å². The molecule has 98 valence electrons. The summed E-state index contributed by atoms with van der Waals surface area (Å²) in [5.74, 6) is 0.894. The Labute approximate surface area is 107 Å². The summed E-state index contributed by atoms with van der Waals surface area (Å²) in [6.07, 6.45) is 8.56. The largest absolute Gasteiger partial charge is 0.389 e. The highest BCUT2D eigenvalue weighted by Crippen LogP contribution is 2.52. The standard InChI is InChI=1S/C16H28O/c1-6-9-14-13(8-3)15(4,5)11-12-16(14,17)10-7-2/h6-7,13-14,17H,1-2,8-12H2,3-5H3/t13-,14-,16+/m1/s1. The Kier molecular flexibility index (Phi) is 4.60. The van der Waals surface area contributed by atoms with E-state index in [-0.39, 0.29) is 0 Å². The van der Waals surface area contributed by atoms with Crippen LogP contribution in [0.2, 0.25) is 0 Å². The van der Waals surface area contributed by atoms with Crippen LogP contribution in [0.15, 0.2) is 25.3 Å². The third-order valence-electron chi connectivity index (χ3n) is 4.74. The van der Waals surface area contributed by atoms with Gasteiger partial charge in [-0.05, 0) is 42.9 Å². The highest BCUT2D eigenvalue weighted by atomic mass is 16.3. The van der Waals surface area contributed by atoms with Gasteiger partial charge in [0, 0.05) is 0 Å². The smallest absolute Gasteiger partial charge is 0.0715 e. The minimum Gasteiger partial charge on any atom is -0.389 e. The fraction of sp³-hybridized carbons (Fsp3) is 0.750. The zero-order chi connectivity index (χ0) is 13.1. The summed E-state index contributed by atoms with van der Waals surface area (Å²) in [4.78, 5) is 0. The Morgan fingerprint density at radius 3 is 2.29 bits per heavy atom. The van der Waals surface area contributed by atoms with Crippen molar-refractivity contribution in [2.24, 2.45) is 17.3 Å². The molecule has 17 heavy (non-hydrogen) atoms. The fourth-order valence-electron chi connectivity index (χ4n) is 3.73. The van der Waals surface area contributed by atoms with Crippen LogP contribution in [0.5, 0.6) is 0 Å². The lowest BCUT2D eigenvalue weighted by molar-refractivity contribution is -0.113. The molecule has 1 rings (SSSR count). The van der Waals surface area contributed by atoms with Crippen molar-refractivity contribution >= 4 is 0 Å². The molecule has 0 aromatic carbocycles. The van der Waals surface area contributed by atoms with Crippen molar-refractivity contribution in [2.45, 2.75) is 58.5 Å². The number of aliphatic hydroxyl groups is 1. The highest BCUT2D eigenvalue weighted by Gasteiger charge is 2.49. The highest BCUT2D eigenvalue weighted by molar-refractivity contribution is 5.04. The zero-order valence-electron chi connectivity index (χ0n) is 11.7. The molecule has 1 heteroatoms. The van der Waals surface area contributed by atoms with Crippen molar-refractivity contribution in [1.29, 1.82) is 0 Å². The van der Waals surface area contributed by atoms with E-state index < -0.39 is 5.60 Å². The van der Waals surface area contributed by atoms with Crippen LogP contribution < -0.4 is 0 Å². The summed E-state index contributed by atoms with van der Waals surface area (Å²) in [7, 11) is 0. The summed E-state index contributed by atoms with van der Waals surface area (Å²) in [5.41, 5.74) is -0.234. The number of allylic oxidation sites excluding steroid dienone is 1. The molecular weight excluding hydrogens is 208 g/mol. The molecule has 0 aromatic rings. The first kappa shape index (κ1) is 14.5. The van der Waals surface area contributed by atoms with Gasteiger partial charge in [0.25, 0.3) is 0 Å². The average Bonchev–Trinajstić information content (AvgIpc) is 2.25. The predicted octanol–water partition coefficient (Wildman–Crippen LogP) is 4.33. The summed E-state index contributed by atoms with van der Waals surface area (Å²) < 4.78 is 0. The molecule has 1 saturated carbocycles. The molecule has 0 amide bonds. The SMILES string of the molecule is C=CC[C@@H]1[C@@H](CC)C(C)(C)CC[C@@]1(O)CC=C. The van der Waals surface area contributed by atoms with Crippen molar-refractivity contribution in [3.63, 3.8) is 0 Å². The first-order valence-electron chi connectivity index (χ1n) is 6.85. The molecule has 0 unspecified atom stereocenters. The van der Waals surface area contributed by atoms with Gasteiger partial charge in [-0.1, -0.05) is 39.3 Å². The van der Waals surface area contributed by atoms with Crippen LogP contribution >= 0.6 is 0 Å². The van der Waals surface area contributed by atoms with Crippen molar-refractivity contribution in [2.75, 3.05) is 0 Å². The normalized spacial score (nSPS) is 36.5. The van der Waals surface area contributed by atoms with Crippen molar-refractivity contribution < 1.29 is 5.11 Å². The van der Waals surface area contributed by atoms with Gasteiger partial charge in [-0.3, -0.25) is 0 Å². The van der Waals surface area contributed by atoms with Crippen molar-refractivity contribution in [3.8, 4) is 0 Å². The molecule has 0 aromatic heterocycles. The molecule has 0 aliphatic heterocycles.